The fourth-order valence-corrected chi connectivity index (χ4v) is 3.86. The maximum absolute atomic E-state index is 13.5. The second-order valence-corrected chi connectivity index (χ2v) is 7.95. The summed E-state index contributed by atoms with van der Waals surface area (Å²) in [7, 11) is 1.57. The number of benzene rings is 2. The van der Waals surface area contributed by atoms with Crippen LogP contribution >= 0.6 is 0 Å². The maximum Gasteiger partial charge on any atom is 0.226 e. The van der Waals surface area contributed by atoms with E-state index in [-0.39, 0.29) is 24.2 Å². The zero-order valence-corrected chi connectivity index (χ0v) is 18.8. The van der Waals surface area contributed by atoms with Crippen LogP contribution in [-0.4, -0.2) is 42.1 Å². The molecule has 3 aromatic rings. The van der Waals surface area contributed by atoms with Crippen LogP contribution in [0.3, 0.4) is 0 Å². The molecule has 1 aliphatic rings. The van der Waals surface area contributed by atoms with E-state index in [9.17, 15) is 9.18 Å². The van der Waals surface area contributed by atoms with Crippen LogP contribution in [0, 0.1) is 12.7 Å². The minimum atomic E-state index is -0.335. The van der Waals surface area contributed by atoms with Gasteiger partial charge in [0, 0.05) is 25.1 Å². The molecule has 1 saturated heterocycles. The van der Waals surface area contributed by atoms with Gasteiger partial charge in [-0.15, -0.1) is 0 Å². The third-order valence-electron chi connectivity index (χ3n) is 5.64. The van der Waals surface area contributed by atoms with Gasteiger partial charge in [0.05, 0.1) is 24.6 Å². The zero-order chi connectivity index (χ0) is 23.2. The molecule has 0 spiro atoms. The number of hydrogen-bond donors (Lipinski definition) is 1. The Morgan fingerprint density at radius 2 is 1.97 bits per heavy atom. The number of amides is 1. The van der Waals surface area contributed by atoms with E-state index in [0.717, 1.165) is 30.7 Å². The number of nitrogens with one attached hydrogen (secondary N) is 1. The van der Waals surface area contributed by atoms with Gasteiger partial charge < -0.3 is 19.5 Å². The van der Waals surface area contributed by atoms with Gasteiger partial charge in [-0.1, -0.05) is 12.1 Å². The highest BCUT2D eigenvalue weighted by atomic mass is 19.1. The van der Waals surface area contributed by atoms with E-state index >= 15 is 0 Å². The summed E-state index contributed by atoms with van der Waals surface area (Å²) in [6.07, 6.45) is 2.83. The number of ether oxygens (including phenoxy) is 3. The first-order valence-corrected chi connectivity index (χ1v) is 11.1. The number of methoxy groups -OCH3 is 1. The van der Waals surface area contributed by atoms with Gasteiger partial charge in [0.25, 0.3) is 0 Å². The number of hydrogen-bond acceptors (Lipinski definition) is 5. The SMILES string of the molecule is COc1ccccc1Oc1c(CCC(=O)NC[C@@H]2CCCO2)c(C)nn1-c1ccc(F)cc1. The first-order valence-electron chi connectivity index (χ1n) is 11.1. The molecule has 1 amide bonds. The van der Waals surface area contributed by atoms with Crippen molar-refractivity contribution in [1.82, 2.24) is 15.1 Å². The van der Waals surface area contributed by atoms with Crippen molar-refractivity contribution >= 4 is 5.91 Å². The van der Waals surface area contributed by atoms with Crippen molar-refractivity contribution in [3.63, 3.8) is 0 Å². The van der Waals surface area contributed by atoms with Crippen LogP contribution < -0.4 is 14.8 Å². The predicted molar refractivity (Wildman–Crippen MR) is 122 cm³/mol. The molecule has 0 unspecified atom stereocenters. The molecule has 7 nitrogen and oxygen atoms in total. The molecule has 2 heterocycles. The lowest BCUT2D eigenvalue weighted by Crippen LogP contribution is -2.31. The lowest BCUT2D eigenvalue weighted by Gasteiger charge is -2.14. The molecule has 0 saturated carbocycles. The molecule has 0 aliphatic carbocycles. The summed E-state index contributed by atoms with van der Waals surface area (Å²) in [6.45, 7) is 3.15. The average molecular weight is 454 g/mol. The van der Waals surface area contributed by atoms with Crippen molar-refractivity contribution in [3.05, 3.63) is 65.6 Å². The Kier molecular flexibility index (Phi) is 7.24. The number of aromatic nitrogens is 2. The second kappa shape index (κ2) is 10.5. The number of para-hydroxylation sites is 2. The lowest BCUT2D eigenvalue weighted by atomic mass is 10.1. The summed E-state index contributed by atoms with van der Waals surface area (Å²) in [5.41, 5.74) is 2.19. The first kappa shape index (κ1) is 22.8. The molecule has 1 fully saturated rings. The Labute approximate surface area is 192 Å². The zero-order valence-electron chi connectivity index (χ0n) is 18.8. The largest absolute Gasteiger partial charge is 0.493 e. The fraction of sp³-hybridized carbons (Fsp3) is 0.360. The summed E-state index contributed by atoms with van der Waals surface area (Å²) >= 11 is 0. The van der Waals surface area contributed by atoms with Crippen molar-refractivity contribution in [2.75, 3.05) is 20.3 Å². The van der Waals surface area contributed by atoms with Crippen molar-refractivity contribution in [2.45, 2.75) is 38.7 Å². The molecule has 0 radical (unpaired) electrons. The van der Waals surface area contributed by atoms with Crippen molar-refractivity contribution in [3.8, 4) is 23.1 Å². The van der Waals surface area contributed by atoms with Crippen LogP contribution in [0.1, 0.15) is 30.5 Å². The Hall–Kier alpha value is -3.39. The van der Waals surface area contributed by atoms with Crippen LogP contribution in [0.4, 0.5) is 4.39 Å². The molecule has 2 aromatic carbocycles. The highest BCUT2D eigenvalue weighted by Crippen LogP contribution is 2.36. The molecule has 1 aromatic heterocycles. The first-order chi connectivity index (χ1) is 16.0. The Morgan fingerprint density at radius 3 is 2.67 bits per heavy atom. The number of nitrogens with zero attached hydrogens (tertiary/aromatic N) is 2. The van der Waals surface area contributed by atoms with Gasteiger partial charge in [0.15, 0.2) is 11.5 Å². The van der Waals surface area contributed by atoms with Gasteiger partial charge in [-0.05, 0) is 62.6 Å². The summed E-state index contributed by atoms with van der Waals surface area (Å²) in [5.74, 6) is 1.17. The summed E-state index contributed by atoms with van der Waals surface area (Å²) in [6, 6.07) is 13.3. The third kappa shape index (κ3) is 5.51. The molecule has 1 atom stereocenters. The lowest BCUT2D eigenvalue weighted by molar-refractivity contribution is -0.121. The molecule has 33 heavy (non-hydrogen) atoms. The van der Waals surface area contributed by atoms with E-state index in [0.29, 0.717) is 36.0 Å². The van der Waals surface area contributed by atoms with Gasteiger partial charge >= 0.3 is 0 Å². The number of carbonyl (C=O) groups excluding carboxylic acids is 1. The standard InChI is InChI=1S/C25H28FN3O4/c1-17-21(13-14-24(30)27-16-20-6-5-15-32-20)25(33-23-8-4-3-7-22(23)31-2)29(28-17)19-11-9-18(26)10-12-19/h3-4,7-12,20H,5-6,13-16H2,1-2H3,(H,27,30)/t20-/m0/s1. The van der Waals surface area contributed by atoms with E-state index in [1.54, 1.807) is 36.1 Å². The van der Waals surface area contributed by atoms with E-state index in [1.165, 1.54) is 12.1 Å². The quantitative estimate of drug-likeness (QED) is 0.522. The van der Waals surface area contributed by atoms with Gasteiger partial charge in [0.1, 0.15) is 5.82 Å². The van der Waals surface area contributed by atoms with Crippen molar-refractivity contribution in [2.24, 2.45) is 0 Å². The number of halogens is 1. The summed E-state index contributed by atoms with van der Waals surface area (Å²) in [5, 5.41) is 7.58. The van der Waals surface area contributed by atoms with E-state index in [4.69, 9.17) is 14.2 Å². The monoisotopic (exact) mass is 453 g/mol. The summed E-state index contributed by atoms with van der Waals surface area (Å²) < 4.78 is 32.4. The third-order valence-corrected chi connectivity index (χ3v) is 5.64. The van der Waals surface area contributed by atoms with Gasteiger partial charge in [-0.2, -0.15) is 5.10 Å². The van der Waals surface area contributed by atoms with Crippen LogP contribution in [-0.2, 0) is 16.0 Å². The Bertz CT molecular complexity index is 1090. The van der Waals surface area contributed by atoms with Gasteiger partial charge in [0.2, 0.25) is 11.8 Å². The summed E-state index contributed by atoms with van der Waals surface area (Å²) in [4.78, 5) is 12.5. The van der Waals surface area contributed by atoms with Crippen LogP contribution in [0.15, 0.2) is 48.5 Å². The topological polar surface area (TPSA) is 74.6 Å². The molecule has 0 bridgehead atoms. The smallest absolute Gasteiger partial charge is 0.226 e. The molecule has 174 valence electrons. The fourth-order valence-electron chi connectivity index (χ4n) is 3.86. The molecule has 4 rings (SSSR count). The number of rotatable bonds is 9. The molecule has 8 heteroatoms. The second-order valence-electron chi connectivity index (χ2n) is 7.95. The average Bonchev–Trinajstić information content (AvgIpc) is 3.45. The van der Waals surface area contributed by atoms with Crippen LogP contribution in [0.5, 0.6) is 17.4 Å². The van der Waals surface area contributed by atoms with Crippen LogP contribution in [0.2, 0.25) is 0 Å². The minimum Gasteiger partial charge on any atom is -0.493 e. The highest BCUT2D eigenvalue weighted by Gasteiger charge is 2.22. The normalized spacial score (nSPS) is 15.4. The van der Waals surface area contributed by atoms with Gasteiger partial charge in [-0.3, -0.25) is 4.79 Å². The van der Waals surface area contributed by atoms with Gasteiger partial charge in [-0.25, -0.2) is 9.07 Å². The minimum absolute atomic E-state index is 0.0531. The Morgan fingerprint density at radius 1 is 1.21 bits per heavy atom. The molecular formula is C25H28FN3O4. The Balaban J connectivity index is 1.58. The molecule has 1 aliphatic heterocycles. The molecular weight excluding hydrogens is 425 g/mol. The van der Waals surface area contributed by atoms with Crippen molar-refractivity contribution < 1.29 is 23.4 Å². The van der Waals surface area contributed by atoms with Crippen molar-refractivity contribution in [1.29, 1.82) is 0 Å². The number of carbonyl (C=O) groups is 1. The van der Waals surface area contributed by atoms with E-state index in [2.05, 4.69) is 10.4 Å². The molecule has 1 N–H and O–H groups in total. The maximum atomic E-state index is 13.5. The highest BCUT2D eigenvalue weighted by molar-refractivity contribution is 5.76. The number of aryl methyl sites for hydroxylation is 1. The van der Waals surface area contributed by atoms with E-state index in [1.807, 2.05) is 19.1 Å². The predicted octanol–water partition coefficient (Wildman–Crippen LogP) is 4.35. The van der Waals surface area contributed by atoms with E-state index < -0.39 is 0 Å². The van der Waals surface area contributed by atoms with Crippen LogP contribution in [0.25, 0.3) is 5.69 Å².